The van der Waals surface area contributed by atoms with Gasteiger partial charge in [0, 0.05) is 19.1 Å². The zero-order valence-electron chi connectivity index (χ0n) is 11.6. The Labute approximate surface area is 106 Å². The molecule has 17 heavy (non-hydrogen) atoms. The van der Waals surface area contributed by atoms with Crippen LogP contribution in [0.15, 0.2) is 0 Å². The first-order valence-corrected chi connectivity index (χ1v) is 7.10. The lowest BCUT2D eigenvalue weighted by Crippen LogP contribution is -2.41. The first kappa shape index (κ1) is 14.5. The van der Waals surface area contributed by atoms with Gasteiger partial charge in [-0.15, -0.1) is 0 Å². The van der Waals surface area contributed by atoms with Crippen LogP contribution in [0.2, 0.25) is 0 Å². The molecule has 3 nitrogen and oxygen atoms in total. The average Bonchev–Trinajstić information content (AvgIpc) is 3.09. The van der Waals surface area contributed by atoms with E-state index in [0.717, 1.165) is 25.8 Å². The molecule has 0 heterocycles. The Kier molecular flexibility index (Phi) is 5.96. The third-order valence-electron chi connectivity index (χ3n) is 3.49. The van der Waals surface area contributed by atoms with E-state index in [-0.39, 0.29) is 5.92 Å². The minimum atomic E-state index is 0.0489. The van der Waals surface area contributed by atoms with Gasteiger partial charge in [0.1, 0.15) is 0 Å². The fourth-order valence-corrected chi connectivity index (χ4v) is 2.18. The number of hydrogen-bond acceptors (Lipinski definition) is 2. The molecular weight excluding hydrogens is 212 g/mol. The van der Waals surface area contributed by atoms with Gasteiger partial charge in [-0.05, 0) is 31.6 Å². The van der Waals surface area contributed by atoms with Gasteiger partial charge in [0.25, 0.3) is 0 Å². The highest BCUT2D eigenvalue weighted by atomic mass is 16.2. The molecule has 1 unspecified atom stereocenters. The SMILES string of the molecule is CCCC(CN)C(=O)N(CCC(C)C)C1CC1. The van der Waals surface area contributed by atoms with E-state index < -0.39 is 0 Å². The van der Waals surface area contributed by atoms with E-state index in [9.17, 15) is 4.79 Å². The summed E-state index contributed by atoms with van der Waals surface area (Å²) in [5.41, 5.74) is 5.73. The number of hydrogen-bond donors (Lipinski definition) is 1. The second kappa shape index (κ2) is 7.00. The Bertz CT molecular complexity index is 236. The van der Waals surface area contributed by atoms with Crippen LogP contribution >= 0.6 is 0 Å². The second-order valence-corrected chi connectivity index (χ2v) is 5.67. The van der Waals surface area contributed by atoms with Crippen molar-refractivity contribution in [3.8, 4) is 0 Å². The second-order valence-electron chi connectivity index (χ2n) is 5.67. The standard InChI is InChI=1S/C14H28N2O/c1-4-5-12(10-15)14(17)16(13-6-7-13)9-8-11(2)3/h11-13H,4-10,15H2,1-3H3. The van der Waals surface area contributed by atoms with Crippen molar-refractivity contribution in [2.45, 2.75) is 58.9 Å². The summed E-state index contributed by atoms with van der Waals surface area (Å²) in [6.07, 6.45) is 5.45. The Hall–Kier alpha value is -0.570. The zero-order chi connectivity index (χ0) is 12.8. The number of nitrogens with two attached hydrogens (primary N) is 1. The summed E-state index contributed by atoms with van der Waals surface area (Å²) in [6.45, 7) is 7.95. The molecule has 1 fully saturated rings. The monoisotopic (exact) mass is 240 g/mol. The lowest BCUT2D eigenvalue weighted by Gasteiger charge is -2.27. The molecule has 1 amide bonds. The smallest absolute Gasteiger partial charge is 0.227 e. The molecule has 0 aromatic rings. The maximum Gasteiger partial charge on any atom is 0.227 e. The lowest BCUT2D eigenvalue weighted by atomic mass is 10.0. The number of carbonyl (C=O) groups is 1. The van der Waals surface area contributed by atoms with Crippen LogP contribution in [0.1, 0.15) is 52.9 Å². The quantitative estimate of drug-likeness (QED) is 0.708. The Morgan fingerprint density at radius 3 is 2.41 bits per heavy atom. The van der Waals surface area contributed by atoms with Gasteiger partial charge in [-0.25, -0.2) is 0 Å². The summed E-state index contributed by atoms with van der Waals surface area (Å²) in [5.74, 6) is 1.01. The molecule has 0 bridgehead atoms. The average molecular weight is 240 g/mol. The molecule has 0 aromatic carbocycles. The summed E-state index contributed by atoms with van der Waals surface area (Å²) in [4.78, 5) is 14.5. The molecular formula is C14H28N2O. The molecule has 1 rings (SSSR count). The first-order valence-electron chi connectivity index (χ1n) is 7.10. The number of amides is 1. The van der Waals surface area contributed by atoms with Crippen molar-refractivity contribution < 1.29 is 4.79 Å². The van der Waals surface area contributed by atoms with E-state index in [1.807, 2.05) is 0 Å². The van der Waals surface area contributed by atoms with Gasteiger partial charge >= 0.3 is 0 Å². The predicted molar refractivity (Wildman–Crippen MR) is 71.6 cm³/mol. The molecule has 1 aliphatic rings. The maximum atomic E-state index is 12.4. The van der Waals surface area contributed by atoms with Gasteiger partial charge in [-0.1, -0.05) is 27.2 Å². The lowest BCUT2D eigenvalue weighted by molar-refractivity contribution is -0.136. The van der Waals surface area contributed by atoms with Crippen molar-refractivity contribution >= 4 is 5.91 Å². The highest BCUT2D eigenvalue weighted by Gasteiger charge is 2.34. The Balaban J connectivity index is 2.52. The Morgan fingerprint density at radius 1 is 1.35 bits per heavy atom. The predicted octanol–water partition coefficient (Wildman–Crippen LogP) is 2.40. The van der Waals surface area contributed by atoms with Crippen LogP contribution in [0, 0.1) is 11.8 Å². The van der Waals surface area contributed by atoms with E-state index in [0.29, 0.717) is 24.4 Å². The highest BCUT2D eigenvalue weighted by Crippen LogP contribution is 2.29. The van der Waals surface area contributed by atoms with Crippen LogP contribution in [-0.4, -0.2) is 29.9 Å². The van der Waals surface area contributed by atoms with Gasteiger partial charge in [0.05, 0.1) is 5.92 Å². The van der Waals surface area contributed by atoms with E-state index >= 15 is 0 Å². The third-order valence-corrected chi connectivity index (χ3v) is 3.49. The summed E-state index contributed by atoms with van der Waals surface area (Å²) in [6, 6.07) is 0.521. The van der Waals surface area contributed by atoms with Crippen molar-refractivity contribution in [3.05, 3.63) is 0 Å². The van der Waals surface area contributed by atoms with Crippen LogP contribution in [0.5, 0.6) is 0 Å². The summed E-state index contributed by atoms with van der Waals surface area (Å²) < 4.78 is 0. The minimum absolute atomic E-state index is 0.0489. The molecule has 0 spiro atoms. The van der Waals surface area contributed by atoms with Crippen LogP contribution in [0.3, 0.4) is 0 Å². The number of nitrogens with zero attached hydrogens (tertiary/aromatic N) is 1. The van der Waals surface area contributed by atoms with Crippen molar-refractivity contribution in [3.63, 3.8) is 0 Å². The van der Waals surface area contributed by atoms with E-state index in [1.165, 1.54) is 12.8 Å². The van der Waals surface area contributed by atoms with Crippen LogP contribution < -0.4 is 5.73 Å². The van der Waals surface area contributed by atoms with Gasteiger partial charge in [0.2, 0.25) is 5.91 Å². The molecule has 0 aromatic heterocycles. The molecule has 2 N–H and O–H groups in total. The van der Waals surface area contributed by atoms with Gasteiger partial charge in [-0.2, -0.15) is 0 Å². The zero-order valence-corrected chi connectivity index (χ0v) is 11.6. The molecule has 1 aliphatic carbocycles. The molecule has 0 aliphatic heterocycles. The molecule has 0 saturated heterocycles. The van der Waals surface area contributed by atoms with Gasteiger partial charge in [-0.3, -0.25) is 4.79 Å². The van der Waals surface area contributed by atoms with Gasteiger partial charge in [0.15, 0.2) is 0 Å². The van der Waals surface area contributed by atoms with E-state index in [2.05, 4.69) is 25.7 Å². The highest BCUT2D eigenvalue weighted by molar-refractivity contribution is 5.79. The van der Waals surface area contributed by atoms with Crippen molar-refractivity contribution in [1.29, 1.82) is 0 Å². The van der Waals surface area contributed by atoms with E-state index in [1.54, 1.807) is 0 Å². The van der Waals surface area contributed by atoms with Crippen molar-refractivity contribution in [1.82, 2.24) is 4.90 Å². The normalized spacial score (nSPS) is 17.2. The molecule has 3 heteroatoms. The third kappa shape index (κ3) is 4.66. The topological polar surface area (TPSA) is 46.3 Å². The summed E-state index contributed by atoms with van der Waals surface area (Å²) >= 11 is 0. The van der Waals surface area contributed by atoms with Crippen LogP contribution in [0.25, 0.3) is 0 Å². The Morgan fingerprint density at radius 2 is 2.00 bits per heavy atom. The van der Waals surface area contributed by atoms with Crippen molar-refractivity contribution in [2.75, 3.05) is 13.1 Å². The van der Waals surface area contributed by atoms with Crippen LogP contribution in [0.4, 0.5) is 0 Å². The van der Waals surface area contributed by atoms with Gasteiger partial charge < -0.3 is 10.6 Å². The summed E-state index contributed by atoms with van der Waals surface area (Å²) in [5, 5.41) is 0. The molecule has 1 saturated carbocycles. The fraction of sp³-hybridized carbons (Fsp3) is 0.929. The molecule has 1 atom stereocenters. The summed E-state index contributed by atoms with van der Waals surface area (Å²) in [7, 11) is 0. The van der Waals surface area contributed by atoms with E-state index in [4.69, 9.17) is 5.73 Å². The maximum absolute atomic E-state index is 12.4. The number of rotatable bonds is 8. The molecule has 100 valence electrons. The van der Waals surface area contributed by atoms with Crippen molar-refractivity contribution in [2.24, 2.45) is 17.6 Å². The first-order chi connectivity index (χ1) is 8.10. The molecule has 0 radical (unpaired) electrons. The minimum Gasteiger partial charge on any atom is -0.339 e. The fourth-order valence-electron chi connectivity index (χ4n) is 2.18. The largest absolute Gasteiger partial charge is 0.339 e. The van der Waals surface area contributed by atoms with Crippen LogP contribution in [-0.2, 0) is 4.79 Å². The number of carbonyl (C=O) groups excluding carboxylic acids is 1.